The lowest BCUT2D eigenvalue weighted by molar-refractivity contribution is 0.0696. The average molecular weight is 158 g/mol. The van der Waals surface area contributed by atoms with E-state index in [9.17, 15) is 0 Å². The normalized spacial score (nSPS) is 33.3. The topological polar surface area (TPSA) is 18.5 Å². The lowest BCUT2D eigenvalue weighted by Crippen LogP contribution is -2.11. The van der Waals surface area contributed by atoms with Gasteiger partial charge in [0.2, 0.25) is 0 Å². The van der Waals surface area contributed by atoms with E-state index in [1.807, 2.05) is 0 Å². The van der Waals surface area contributed by atoms with Crippen molar-refractivity contribution in [1.82, 2.24) is 0 Å². The van der Waals surface area contributed by atoms with E-state index in [1.54, 1.807) is 14.2 Å². The number of hydrogen-bond donors (Lipinski definition) is 0. The summed E-state index contributed by atoms with van der Waals surface area (Å²) in [5.74, 6) is 0. The Labute approximate surface area is 68.9 Å². The molecule has 0 bridgehead atoms. The number of ether oxygens (including phenoxy) is 2. The van der Waals surface area contributed by atoms with Crippen LogP contribution >= 0.6 is 0 Å². The van der Waals surface area contributed by atoms with Crippen molar-refractivity contribution in [3.8, 4) is 0 Å². The first-order valence-corrected chi connectivity index (χ1v) is 4.42. The van der Waals surface area contributed by atoms with Crippen molar-refractivity contribution in [3.63, 3.8) is 0 Å². The van der Waals surface area contributed by atoms with Crippen LogP contribution in [0.4, 0.5) is 0 Å². The Morgan fingerprint density at radius 1 is 0.818 bits per heavy atom. The van der Waals surface area contributed by atoms with Crippen LogP contribution in [0.3, 0.4) is 0 Å². The number of rotatable bonds is 2. The molecule has 11 heavy (non-hydrogen) atoms. The summed E-state index contributed by atoms with van der Waals surface area (Å²) < 4.78 is 10.6. The molecule has 1 saturated carbocycles. The minimum absolute atomic E-state index is 0.482. The third-order valence-corrected chi connectivity index (χ3v) is 2.53. The molecule has 1 aliphatic rings. The van der Waals surface area contributed by atoms with E-state index in [-0.39, 0.29) is 0 Å². The maximum atomic E-state index is 5.31. The Kier molecular flexibility index (Phi) is 3.87. The minimum atomic E-state index is 0.482. The van der Waals surface area contributed by atoms with Gasteiger partial charge in [0.15, 0.2) is 0 Å². The molecular formula is C9H18O2. The first kappa shape index (κ1) is 9.01. The zero-order chi connectivity index (χ0) is 8.10. The van der Waals surface area contributed by atoms with Crippen molar-refractivity contribution in [3.05, 3.63) is 0 Å². The van der Waals surface area contributed by atoms with Crippen molar-refractivity contribution in [2.45, 2.75) is 44.3 Å². The first-order valence-electron chi connectivity index (χ1n) is 4.42. The summed E-state index contributed by atoms with van der Waals surface area (Å²) in [6.07, 6.45) is 6.94. The third-order valence-electron chi connectivity index (χ3n) is 2.53. The van der Waals surface area contributed by atoms with Gasteiger partial charge in [-0.1, -0.05) is 0 Å². The fourth-order valence-electron chi connectivity index (χ4n) is 1.71. The number of hydrogen-bond acceptors (Lipinski definition) is 2. The van der Waals surface area contributed by atoms with Crippen molar-refractivity contribution in [2.75, 3.05) is 14.2 Å². The largest absolute Gasteiger partial charge is 0.381 e. The molecule has 1 fully saturated rings. The van der Waals surface area contributed by atoms with E-state index in [0.29, 0.717) is 12.2 Å². The van der Waals surface area contributed by atoms with Crippen molar-refractivity contribution >= 4 is 0 Å². The zero-order valence-corrected chi connectivity index (χ0v) is 7.51. The molecule has 0 spiro atoms. The molecule has 0 heterocycles. The predicted octanol–water partition coefficient (Wildman–Crippen LogP) is 1.98. The minimum Gasteiger partial charge on any atom is -0.381 e. The van der Waals surface area contributed by atoms with E-state index in [0.717, 1.165) is 12.8 Å². The smallest absolute Gasteiger partial charge is 0.0572 e. The molecule has 0 N–H and O–H groups in total. The van der Waals surface area contributed by atoms with Crippen LogP contribution in [0.5, 0.6) is 0 Å². The Morgan fingerprint density at radius 3 is 1.64 bits per heavy atom. The second-order valence-electron chi connectivity index (χ2n) is 3.22. The molecule has 0 radical (unpaired) electrons. The van der Waals surface area contributed by atoms with Gasteiger partial charge in [0, 0.05) is 14.2 Å². The molecule has 2 atom stereocenters. The van der Waals surface area contributed by atoms with E-state index >= 15 is 0 Å². The highest BCUT2D eigenvalue weighted by atomic mass is 16.5. The SMILES string of the molecule is CO[C@@H]1CCC[C@@H](OC)CC1. The maximum absolute atomic E-state index is 5.31. The fraction of sp³-hybridized carbons (Fsp3) is 1.00. The van der Waals surface area contributed by atoms with Gasteiger partial charge in [-0.3, -0.25) is 0 Å². The number of methoxy groups -OCH3 is 2. The third kappa shape index (κ3) is 2.80. The van der Waals surface area contributed by atoms with Gasteiger partial charge in [0.1, 0.15) is 0 Å². The van der Waals surface area contributed by atoms with Crippen LogP contribution in [0.2, 0.25) is 0 Å². The summed E-state index contributed by atoms with van der Waals surface area (Å²) in [4.78, 5) is 0. The van der Waals surface area contributed by atoms with Gasteiger partial charge in [-0.25, -0.2) is 0 Å². The summed E-state index contributed by atoms with van der Waals surface area (Å²) >= 11 is 0. The zero-order valence-electron chi connectivity index (χ0n) is 7.51. The molecule has 2 heteroatoms. The van der Waals surface area contributed by atoms with Crippen LogP contribution in [0.25, 0.3) is 0 Å². The molecule has 0 unspecified atom stereocenters. The summed E-state index contributed by atoms with van der Waals surface area (Å²) in [5, 5.41) is 0. The Bertz CT molecular complexity index is 91.7. The van der Waals surface area contributed by atoms with Crippen LogP contribution in [-0.2, 0) is 9.47 Å². The summed E-state index contributed by atoms with van der Waals surface area (Å²) in [7, 11) is 3.61. The van der Waals surface area contributed by atoms with Gasteiger partial charge >= 0.3 is 0 Å². The monoisotopic (exact) mass is 158 g/mol. The van der Waals surface area contributed by atoms with Gasteiger partial charge in [0.25, 0.3) is 0 Å². The Hall–Kier alpha value is -0.0800. The molecule has 0 aromatic heterocycles. The standard InChI is InChI=1S/C9H18O2/c1-10-8-4-3-5-9(11-2)7-6-8/h8-9H,3-7H2,1-2H3/t8-,9-/m1/s1. The highest BCUT2D eigenvalue weighted by molar-refractivity contribution is 4.69. The van der Waals surface area contributed by atoms with E-state index < -0.39 is 0 Å². The van der Waals surface area contributed by atoms with Gasteiger partial charge < -0.3 is 9.47 Å². The Morgan fingerprint density at radius 2 is 1.27 bits per heavy atom. The Balaban J connectivity index is 2.27. The quantitative estimate of drug-likeness (QED) is 0.572. The van der Waals surface area contributed by atoms with Crippen LogP contribution in [-0.4, -0.2) is 26.4 Å². The van der Waals surface area contributed by atoms with Crippen molar-refractivity contribution in [1.29, 1.82) is 0 Å². The summed E-state index contributed by atoms with van der Waals surface area (Å²) in [5.41, 5.74) is 0. The predicted molar refractivity (Wildman–Crippen MR) is 44.7 cm³/mol. The summed E-state index contributed by atoms with van der Waals surface area (Å²) in [6, 6.07) is 0. The van der Waals surface area contributed by atoms with E-state index in [4.69, 9.17) is 9.47 Å². The van der Waals surface area contributed by atoms with Gasteiger partial charge in [-0.2, -0.15) is 0 Å². The summed E-state index contributed by atoms with van der Waals surface area (Å²) in [6.45, 7) is 0. The molecule has 0 saturated heterocycles. The van der Waals surface area contributed by atoms with Gasteiger partial charge in [0.05, 0.1) is 12.2 Å². The highest BCUT2D eigenvalue weighted by Crippen LogP contribution is 2.21. The van der Waals surface area contributed by atoms with Crippen LogP contribution < -0.4 is 0 Å². The molecule has 0 aromatic rings. The molecule has 2 nitrogen and oxygen atoms in total. The molecule has 0 aliphatic heterocycles. The first-order chi connectivity index (χ1) is 5.36. The second kappa shape index (κ2) is 4.73. The lowest BCUT2D eigenvalue weighted by atomic mass is 10.1. The van der Waals surface area contributed by atoms with Crippen LogP contribution in [0.15, 0.2) is 0 Å². The van der Waals surface area contributed by atoms with Gasteiger partial charge in [-0.15, -0.1) is 0 Å². The van der Waals surface area contributed by atoms with Crippen LogP contribution in [0, 0.1) is 0 Å². The molecule has 1 rings (SSSR count). The molecule has 0 amide bonds. The van der Waals surface area contributed by atoms with Crippen molar-refractivity contribution < 1.29 is 9.47 Å². The molecule has 66 valence electrons. The molecule has 1 aliphatic carbocycles. The molecule has 0 aromatic carbocycles. The van der Waals surface area contributed by atoms with E-state index in [2.05, 4.69) is 0 Å². The van der Waals surface area contributed by atoms with E-state index in [1.165, 1.54) is 19.3 Å². The van der Waals surface area contributed by atoms with Crippen LogP contribution in [0.1, 0.15) is 32.1 Å². The average Bonchev–Trinajstić information content (AvgIpc) is 2.28. The maximum Gasteiger partial charge on any atom is 0.0572 e. The molecular weight excluding hydrogens is 140 g/mol. The van der Waals surface area contributed by atoms with Crippen molar-refractivity contribution in [2.24, 2.45) is 0 Å². The second-order valence-corrected chi connectivity index (χ2v) is 3.22. The van der Waals surface area contributed by atoms with Gasteiger partial charge in [-0.05, 0) is 32.1 Å². The fourth-order valence-corrected chi connectivity index (χ4v) is 1.71. The lowest BCUT2D eigenvalue weighted by Gasteiger charge is -2.12. The highest BCUT2D eigenvalue weighted by Gasteiger charge is 2.17.